The van der Waals surface area contributed by atoms with Gasteiger partial charge in [0.2, 0.25) is 0 Å². The van der Waals surface area contributed by atoms with Crippen LogP contribution in [0, 0.1) is 13.8 Å². The van der Waals surface area contributed by atoms with E-state index in [1.165, 1.54) is 28.2 Å². The number of aromatic carboxylic acids is 1. The zero-order valence-electron chi connectivity index (χ0n) is 17.6. The Hall–Kier alpha value is -3.32. The van der Waals surface area contributed by atoms with Crippen LogP contribution in [-0.4, -0.2) is 48.2 Å². The number of carboxylic acid groups (broad SMARTS) is 1. The lowest BCUT2D eigenvalue weighted by Crippen LogP contribution is -2.50. The summed E-state index contributed by atoms with van der Waals surface area (Å²) in [5.41, 5.74) is 4.98. The summed E-state index contributed by atoms with van der Waals surface area (Å²) in [6.07, 6.45) is 0. The maximum absolute atomic E-state index is 12.9. The Morgan fingerprint density at radius 1 is 0.935 bits per heavy atom. The second kappa shape index (κ2) is 8.81. The number of anilines is 2. The second-order valence-electron chi connectivity index (χ2n) is 7.67. The number of carbonyl (C=O) groups excluding carboxylic acids is 1. The molecule has 6 nitrogen and oxygen atoms in total. The van der Waals surface area contributed by atoms with E-state index in [9.17, 15) is 14.7 Å². The van der Waals surface area contributed by atoms with Crippen LogP contribution in [0.1, 0.15) is 20.8 Å². The summed E-state index contributed by atoms with van der Waals surface area (Å²) in [6.45, 7) is 6.86. The van der Waals surface area contributed by atoms with Gasteiger partial charge in [0.15, 0.2) is 0 Å². The molecule has 0 unspecified atom stereocenters. The molecule has 3 aromatic rings. The van der Waals surface area contributed by atoms with Gasteiger partial charge in [-0.15, -0.1) is 11.3 Å². The van der Waals surface area contributed by atoms with Crippen molar-refractivity contribution in [1.82, 2.24) is 4.90 Å². The van der Waals surface area contributed by atoms with Crippen LogP contribution in [-0.2, 0) is 0 Å². The molecule has 0 aliphatic carbocycles. The van der Waals surface area contributed by atoms with E-state index in [0.717, 1.165) is 23.5 Å². The fourth-order valence-electron chi connectivity index (χ4n) is 4.02. The molecule has 31 heavy (non-hydrogen) atoms. The number of rotatable bonds is 4. The molecule has 2 heterocycles. The first-order valence-electron chi connectivity index (χ1n) is 10.2. The van der Waals surface area contributed by atoms with Gasteiger partial charge in [0.25, 0.3) is 0 Å². The van der Waals surface area contributed by atoms with Crippen LogP contribution < -0.4 is 10.2 Å². The number of benzene rings is 2. The van der Waals surface area contributed by atoms with Crippen molar-refractivity contribution < 1.29 is 14.7 Å². The molecule has 1 fully saturated rings. The van der Waals surface area contributed by atoms with Gasteiger partial charge in [0, 0.05) is 36.7 Å². The first-order chi connectivity index (χ1) is 14.9. The molecule has 7 heteroatoms. The quantitative estimate of drug-likeness (QED) is 0.599. The SMILES string of the molecule is Cc1cccc(C)c1N1CCN(C(=O)Nc2cc(-c3ccccc3)sc2C(=O)O)CC1. The van der Waals surface area contributed by atoms with Crippen LogP contribution in [0.4, 0.5) is 16.2 Å². The summed E-state index contributed by atoms with van der Waals surface area (Å²) in [4.78, 5) is 29.6. The van der Waals surface area contributed by atoms with E-state index in [2.05, 4.69) is 42.3 Å². The molecule has 1 aliphatic rings. The van der Waals surface area contributed by atoms with Crippen LogP contribution >= 0.6 is 11.3 Å². The molecular weight excluding hydrogens is 410 g/mol. The van der Waals surface area contributed by atoms with Crippen molar-refractivity contribution in [1.29, 1.82) is 0 Å². The Bertz CT molecular complexity index is 1080. The smallest absolute Gasteiger partial charge is 0.348 e. The molecule has 2 amide bonds. The van der Waals surface area contributed by atoms with E-state index in [4.69, 9.17) is 0 Å². The summed E-state index contributed by atoms with van der Waals surface area (Å²) in [5.74, 6) is -1.04. The Morgan fingerprint density at radius 2 is 1.58 bits per heavy atom. The normalized spacial score (nSPS) is 13.9. The molecule has 0 spiro atoms. The average molecular weight is 436 g/mol. The highest BCUT2D eigenvalue weighted by Crippen LogP contribution is 2.35. The third-order valence-corrected chi connectivity index (χ3v) is 6.72. The maximum atomic E-state index is 12.9. The molecule has 1 aliphatic heterocycles. The van der Waals surface area contributed by atoms with Crippen LogP contribution in [0.2, 0.25) is 0 Å². The van der Waals surface area contributed by atoms with Gasteiger partial charge in [-0.2, -0.15) is 0 Å². The number of hydrogen-bond donors (Lipinski definition) is 2. The highest BCUT2D eigenvalue weighted by molar-refractivity contribution is 7.18. The predicted octanol–water partition coefficient (Wildman–Crippen LogP) is 5.08. The van der Waals surface area contributed by atoms with Crippen molar-refractivity contribution in [3.8, 4) is 10.4 Å². The van der Waals surface area contributed by atoms with E-state index in [0.29, 0.717) is 18.8 Å². The van der Waals surface area contributed by atoms with Gasteiger partial charge in [-0.3, -0.25) is 0 Å². The van der Waals surface area contributed by atoms with Crippen LogP contribution in [0.5, 0.6) is 0 Å². The summed E-state index contributed by atoms with van der Waals surface area (Å²) in [7, 11) is 0. The molecule has 4 rings (SSSR count). The van der Waals surface area contributed by atoms with Crippen molar-refractivity contribution in [3.05, 3.63) is 70.6 Å². The van der Waals surface area contributed by atoms with Crippen molar-refractivity contribution in [2.24, 2.45) is 0 Å². The molecule has 2 aromatic carbocycles. The van der Waals surface area contributed by atoms with Gasteiger partial charge in [-0.1, -0.05) is 48.5 Å². The number of carbonyl (C=O) groups is 2. The number of carboxylic acids is 1. The van der Waals surface area contributed by atoms with Crippen molar-refractivity contribution in [2.75, 3.05) is 36.4 Å². The van der Waals surface area contributed by atoms with Gasteiger partial charge in [0.1, 0.15) is 4.88 Å². The summed E-state index contributed by atoms with van der Waals surface area (Å²) in [6, 6.07) is 17.3. The Morgan fingerprint density at radius 3 is 2.19 bits per heavy atom. The van der Waals surface area contributed by atoms with Gasteiger partial charge < -0.3 is 20.2 Å². The van der Waals surface area contributed by atoms with Gasteiger partial charge >= 0.3 is 12.0 Å². The molecule has 0 saturated carbocycles. The zero-order valence-corrected chi connectivity index (χ0v) is 18.4. The van der Waals surface area contributed by atoms with E-state index in [-0.39, 0.29) is 10.9 Å². The van der Waals surface area contributed by atoms with Crippen LogP contribution in [0.25, 0.3) is 10.4 Å². The topological polar surface area (TPSA) is 72.9 Å². The minimum Gasteiger partial charge on any atom is -0.477 e. The number of hydrogen-bond acceptors (Lipinski definition) is 4. The third kappa shape index (κ3) is 4.41. The van der Waals surface area contributed by atoms with Crippen molar-refractivity contribution >= 4 is 34.7 Å². The first kappa shape index (κ1) is 20.9. The van der Waals surface area contributed by atoms with E-state index in [1.807, 2.05) is 30.3 Å². The molecule has 160 valence electrons. The number of piperazine rings is 1. The van der Waals surface area contributed by atoms with Gasteiger partial charge in [0.05, 0.1) is 5.69 Å². The highest BCUT2D eigenvalue weighted by Gasteiger charge is 2.25. The summed E-state index contributed by atoms with van der Waals surface area (Å²) < 4.78 is 0. The summed E-state index contributed by atoms with van der Waals surface area (Å²) >= 11 is 1.17. The largest absolute Gasteiger partial charge is 0.477 e. The van der Waals surface area contributed by atoms with Crippen LogP contribution in [0.3, 0.4) is 0 Å². The number of amides is 2. The number of thiophene rings is 1. The number of nitrogens with zero attached hydrogens (tertiary/aromatic N) is 2. The maximum Gasteiger partial charge on any atom is 0.348 e. The first-order valence-corrected chi connectivity index (χ1v) is 11.1. The zero-order chi connectivity index (χ0) is 22.0. The Kier molecular flexibility index (Phi) is 5.95. The number of aryl methyl sites for hydroxylation is 2. The standard InChI is InChI=1S/C24H25N3O3S/c1-16-7-6-8-17(2)21(16)26-11-13-27(14-12-26)24(30)25-19-15-20(31-22(19)23(28)29)18-9-4-3-5-10-18/h3-10,15H,11-14H2,1-2H3,(H,25,30)(H,28,29). The van der Waals surface area contributed by atoms with E-state index < -0.39 is 5.97 Å². The molecule has 0 atom stereocenters. The van der Waals surface area contributed by atoms with E-state index >= 15 is 0 Å². The van der Waals surface area contributed by atoms with E-state index in [1.54, 1.807) is 11.0 Å². The van der Waals surface area contributed by atoms with Crippen LogP contribution in [0.15, 0.2) is 54.6 Å². The molecular formula is C24H25N3O3S. The molecule has 1 aromatic heterocycles. The predicted molar refractivity (Wildman–Crippen MR) is 125 cm³/mol. The Labute approximate surface area is 185 Å². The minimum absolute atomic E-state index is 0.140. The fraction of sp³-hybridized carbons (Fsp3) is 0.250. The Balaban J connectivity index is 1.46. The van der Waals surface area contributed by atoms with Crippen molar-refractivity contribution in [3.63, 3.8) is 0 Å². The number of para-hydroxylation sites is 1. The van der Waals surface area contributed by atoms with Crippen molar-refractivity contribution in [2.45, 2.75) is 13.8 Å². The average Bonchev–Trinajstić information content (AvgIpc) is 3.19. The minimum atomic E-state index is -1.04. The third-order valence-electron chi connectivity index (χ3n) is 5.55. The highest BCUT2D eigenvalue weighted by atomic mass is 32.1. The number of urea groups is 1. The molecule has 1 saturated heterocycles. The monoisotopic (exact) mass is 435 g/mol. The lowest BCUT2D eigenvalue weighted by Gasteiger charge is -2.37. The summed E-state index contributed by atoms with van der Waals surface area (Å²) in [5, 5.41) is 12.4. The lowest BCUT2D eigenvalue weighted by molar-refractivity contribution is 0.0703. The fourth-order valence-corrected chi connectivity index (χ4v) is 4.98. The van der Waals surface area contributed by atoms with Gasteiger partial charge in [-0.05, 0) is 36.6 Å². The van der Waals surface area contributed by atoms with Gasteiger partial charge in [-0.25, -0.2) is 9.59 Å². The number of nitrogens with one attached hydrogen (secondary N) is 1. The molecule has 2 N–H and O–H groups in total. The molecule has 0 radical (unpaired) electrons. The molecule has 0 bridgehead atoms. The lowest BCUT2D eigenvalue weighted by atomic mass is 10.1. The second-order valence-corrected chi connectivity index (χ2v) is 8.72.